The van der Waals surface area contributed by atoms with E-state index in [2.05, 4.69) is 34.1 Å². The first-order chi connectivity index (χ1) is 13.7. The Hall–Kier alpha value is -0.850. The first-order valence-corrected chi connectivity index (χ1v) is 11.2. The van der Waals surface area contributed by atoms with Crippen LogP contribution in [0, 0.1) is 0 Å². The van der Waals surface area contributed by atoms with Crippen LogP contribution in [0.25, 0.3) is 0 Å². The molecule has 0 bridgehead atoms. The molecule has 0 aromatic heterocycles. The number of piperazine rings is 1. The molecule has 1 aromatic carbocycles. The number of anilines is 1. The van der Waals surface area contributed by atoms with Crippen molar-refractivity contribution in [3.05, 3.63) is 29.8 Å². The van der Waals surface area contributed by atoms with Crippen LogP contribution in [-0.4, -0.2) is 73.2 Å². The number of amides is 1. The van der Waals surface area contributed by atoms with E-state index in [0.717, 1.165) is 57.9 Å². The van der Waals surface area contributed by atoms with Gasteiger partial charge in [0.25, 0.3) is 0 Å². The molecule has 1 aliphatic carbocycles. The van der Waals surface area contributed by atoms with Crippen molar-refractivity contribution in [3.63, 3.8) is 0 Å². The Morgan fingerprint density at radius 3 is 2.10 bits per heavy atom. The van der Waals surface area contributed by atoms with Gasteiger partial charge < -0.3 is 14.9 Å². The molecule has 30 heavy (non-hydrogen) atoms. The van der Waals surface area contributed by atoms with Crippen LogP contribution in [0.2, 0.25) is 0 Å². The number of nitrogens with zero attached hydrogens (tertiary/aromatic N) is 3. The van der Waals surface area contributed by atoms with Crippen LogP contribution in [0.1, 0.15) is 56.9 Å². The molecule has 1 aliphatic heterocycles. The van der Waals surface area contributed by atoms with Crippen LogP contribution >= 0.6 is 24.8 Å². The summed E-state index contributed by atoms with van der Waals surface area (Å²) in [4.78, 5) is 19.3. The van der Waals surface area contributed by atoms with Gasteiger partial charge in [-0.2, -0.15) is 0 Å². The lowest BCUT2D eigenvalue weighted by Crippen LogP contribution is -2.47. The summed E-state index contributed by atoms with van der Waals surface area (Å²) in [5.74, 6) is 0.926. The Labute approximate surface area is 194 Å². The molecule has 1 heterocycles. The summed E-state index contributed by atoms with van der Waals surface area (Å²) in [6.07, 6.45) is 6.85. The highest BCUT2D eigenvalue weighted by Gasteiger charge is 2.20. The highest BCUT2D eigenvalue weighted by molar-refractivity contribution is 5.93. The minimum Gasteiger partial charge on any atom is -0.395 e. The van der Waals surface area contributed by atoms with E-state index in [1.807, 2.05) is 11.8 Å². The summed E-state index contributed by atoms with van der Waals surface area (Å²) in [7, 11) is 0. The van der Waals surface area contributed by atoms with Crippen molar-refractivity contribution < 1.29 is 9.90 Å². The van der Waals surface area contributed by atoms with Crippen LogP contribution in [0.4, 0.5) is 5.69 Å². The molecule has 2 fully saturated rings. The summed E-state index contributed by atoms with van der Waals surface area (Å²) >= 11 is 0. The molecular formula is C23H39Cl2N3O2. The molecule has 0 spiro atoms. The third-order valence-corrected chi connectivity index (χ3v) is 6.37. The molecule has 1 saturated carbocycles. The van der Waals surface area contributed by atoms with Crippen LogP contribution in [0.5, 0.6) is 0 Å². The lowest BCUT2D eigenvalue weighted by Gasteiger charge is -2.34. The normalized spacial score (nSPS) is 17.9. The minimum absolute atomic E-state index is 0. The number of rotatable bonds is 9. The smallest absolute Gasteiger partial charge is 0.226 e. The van der Waals surface area contributed by atoms with Crippen molar-refractivity contribution in [3.8, 4) is 0 Å². The van der Waals surface area contributed by atoms with Gasteiger partial charge in [0.2, 0.25) is 5.91 Å². The van der Waals surface area contributed by atoms with Crippen molar-refractivity contribution in [2.24, 2.45) is 0 Å². The summed E-state index contributed by atoms with van der Waals surface area (Å²) in [5.41, 5.74) is 2.48. The van der Waals surface area contributed by atoms with Gasteiger partial charge in [0, 0.05) is 51.4 Å². The zero-order valence-electron chi connectivity index (χ0n) is 18.3. The van der Waals surface area contributed by atoms with Crippen LogP contribution in [0.15, 0.2) is 24.3 Å². The van der Waals surface area contributed by atoms with Crippen LogP contribution < -0.4 is 4.90 Å². The maximum atomic E-state index is 12.5. The zero-order chi connectivity index (χ0) is 19.8. The number of halogens is 2. The second-order valence-electron chi connectivity index (χ2n) is 8.23. The Morgan fingerprint density at radius 2 is 1.57 bits per heavy atom. The van der Waals surface area contributed by atoms with Crippen LogP contribution in [-0.2, 0) is 4.79 Å². The van der Waals surface area contributed by atoms with Crippen molar-refractivity contribution >= 4 is 36.4 Å². The van der Waals surface area contributed by atoms with Crippen molar-refractivity contribution in [2.45, 2.75) is 51.4 Å². The van der Waals surface area contributed by atoms with Crippen LogP contribution in [0.3, 0.4) is 0 Å². The van der Waals surface area contributed by atoms with Gasteiger partial charge in [0.1, 0.15) is 0 Å². The molecule has 7 heteroatoms. The molecule has 5 nitrogen and oxygen atoms in total. The minimum atomic E-state index is 0. The maximum Gasteiger partial charge on any atom is 0.226 e. The van der Waals surface area contributed by atoms with E-state index >= 15 is 0 Å². The van der Waals surface area contributed by atoms with E-state index in [4.69, 9.17) is 5.11 Å². The fourth-order valence-corrected chi connectivity index (χ4v) is 4.60. The lowest BCUT2D eigenvalue weighted by molar-refractivity contribution is -0.118. The van der Waals surface area contributed by atoms with Gasteiger partial charge in [0.15, 0.2) is 0 Å². The Bertz CT molecular complexity index is 601. The van der Waals surface area contributed by atoms with E-state index in [1.165, 1.54) is 31.2 Å². The first kappa shape index (κ1) is 27.2. The number of benzene rings is 1. The van der Waals surface area contributed by atoms with Crippen molar-refractivity contribution in [1.82, 2.24) is 9.80 Å². The molecule has 1 aromatic rings. The molecule has 2 aliphatic rings. The summed E-state index contributed by atoms with van der Waals surface area (Å²) < 4.78 is 0. The number of carbonyl (C=O) groups excluding carboxylic acids is 1. The second-order valence-corrected chi connectivity index (χ2v) is 8.23. The van der Waals surface area contributed by atoms with Gasteiger partial charge in [-0.15, -0.1) is 24.8 Å². The fourth-order valence-electron chi connectivity index (χ4n) is 4.60. The highest BCUT2D eigenvalue weighted by atomic mass is 35.5. The summed E-state index contributed by atoms with van der Waals surface area (Å²) in [6.45, 7) is 8.95. The van der Waals surface area contributed by atoms with Gasteiger partial charge in [0.05, 0.1) is 6.61 Å². The molecule has 0 atom stereocenters. The Balaban J connectivity index is 0.00000225. The molecule has 0 unspecified atom stereocenters. The number of aliphatic hydroxyl groups is 1. The summed E-state index contributed by atoms with van der Waals surface area (Å²) in [5, 5.41) is 9.06. The first-order valence-electron chi connectivity index (χ1n) is 11.2. The standard InChI is InChI=1S/C23H37N3O2.2ClH/c1-2-23(28)26(13-5-12-24-14-16-25(17-15-24)18-19-27)22-10-8-21(9-11-22)20-6-3-4-7-20;;/h8-11,20,27H,2-7,12-19H2,1H3;2*1H. The SMILES string of the molecule is CCC(=O)N(CCCN1CCN(CCO)CC1)c1ccc(C2CCCC2)cc1.Cl.Cl. The predicted octanol–water partition coefficient (Wildman–Crippen LogP) is 3.93. The largest absolute Gasteiger partial charge is 0.395 e. The van der Waals surface area contributed by atoms with Gasteiger partial charge in [-0.25, -0.2) is 0 Å². The molecule has 172 valence electrons. The van der Waals surface area contributed by atoms with Gasteiger partial charge in [-0.3, -0.25) is 9.69 Å². The molecule has 1 amide bonds. The molecule has 3 rings (SSSR count). The van der Waals surface area contributed by atoms with E-state index < -0.39 is 0 Å². The Morgan fingerprint density at radius 1 is 1.00 bits per heavy atom. The monoisotopic (exact) mass is 459 g/mol. The Kier molecular flexibility index (Phi) is 12.9. The van der Waals surface area contributed by atoms with E-state index in [9.17, 15) is 4.79 Å². The summed E-state index contributed by atoms with van der Waals surface area (Å²) in [6, 6.07) is 8.77. The number of carbonyl (C=O) groups is 1. The van der Waals surface area contributed by atoms with E-state index in [-0.39, 0.29) is 37.3 Å². The highest BCUT2D eigenvalue weighted by Crippen LogP contribution is 2.34. The number of β-amino-alcohol motifs (C(OH)–C–C–N with tert-alkyl or cyclic N) is 1. The maximum absolute atomic E-state index is 12.5. The van der Waals surface area contributed by atoms with E-state index in [1.54, 1.807) is 0 Å². The van der Waals surface area contributed by atoms with Gasteiger partial charge >= 0.3 is 0 Å². The topological polar surface area (TPSA) is 47.0 Å². The number of hydrogen-bond acceptors (Lipinski definition) is 4. The predicted molar refractivity (Wildman–Crippen MR) is 129 cm³/mol. The average Bonchev–Trinajstić information content (AvgIpc) is 3.27. The van der Waals surface area contributed by atoms with Gasteiger partial charge in [-0.1, -0.05) is 31.9 Å². The lowest BCUT2D eigenvalue weighted by atomic mass is 9.97. The van der Waals surface area contributed by atoms with Crippen molar-refractivity contribution in [2.75, 3.05) is 57.3 Å². The third-order valence-electron chi connectivity index (χ3n) is 6.37. The third kappa shape index (κ3) is 7.69. The van der Waals surface area contributed by atoms with E-state index in [0.29, 0.717) is 12.3 Å². The van der Waals surface area contributed by atoms with Gasteiger partial charge in [-0.05, 0) is 49.4 Å². The zero-order valence-corrected chi connectivity index (χ0v) is 19.9. The quantitative estimate of drug-likeness (QED) is 0.607. The molecule has 1 N–H and O–H groups in total. The number of aliphatic hydroxyl groups excluding tert-OH is 1. The van der Waals surface area contributed by atoms with Crippen molar-refractivity contribution in [1.29, 1.82) is 0 Å². The average molecular weight is 460 g/mol. The fraction of sp³-hybridized carbons (Fsp3) is 0.696. The molecule has 0 radical (unpaired) electrons. The number of hydrogen-bond donors (Lipinski definition) is 1. The molecule has 1 saturated heterocycles. The molecular weight excluding hydrogens is 421 g/mol. The second kappa shape index (κ2) is 14.3.